The Morgan fingerprint density at radius 3 is 0.889 bits per heavy atom. The average molecular weight is 192 g/mol. The summed E-state index contributed by atoms with van der Waals surface area (Å²) in [6.07, 6.45) is 0. The maximum Gasteiger partial charge on any atom is 2.00 e. The molecule has 0 spiro atoms. The predicted octanol–water partition coefficient (Wildman–Crippen LogP) is -4.68. The smallest absolute Gasteiger partial charge is 0.784 e. The SMILES string of the molecule is O.O.O.O.O=S([O-])[O-].[Ca+2]. The molecule has 0 fully saturated rings. The van der Waals surface area contributed by atoms with Gasteiger partial charge in [-0.1, -0.05) is 0 Å². The van der Waals surface area contributed by atoms with Gasteiger partial charge in [0.05, 0.1) is 0 Å². The summed E-state index contributed by atoms with van der Waals surface area (Å²) in [5, 5.41) is 0. The van der Waals surface area contributed by atoms with Crippen molar-refractivity contribution < 1.29 is 35.2 Å². The van der Waals surface area contributed by atoms with E-state index in [0.717, 1.165) is 0 Å². The molecule has 0 atom stereocenters. The van der Waals surface area contributed by atoms with Gasteiger partial charge in [0.1, 0.15) is 0 Å². The van der Waals surface area contributed by atoms with Gasteiger partial charge in [-0.3, -0.25) is 4.21 Å². The van der Waals surface area contributed by atoms with Crippen molar-refractivity contribution in [3.05, 3.63) is 0 Å². The molecule has 0 rings (SSSR count). The minimum atomic E-state index is -3.11. The summed E-state index contributed by atoms with van der Waals surface area (Å²) in [5.41, 5.74) is 0. The molecule has 0 radical (unpaired) electrons. The van der Waals surface area contributed by atoms with Crippen LogP contribution in [-0.4, -0.2) is 73.0 Å². The Morgan fingerprint density at radius 2 is 0.889 bits per heavy atom. The molecule has 7 nitrogen and oxygen atoms in total. The van der Waals surface area contributed by atoms with Gasteiger partial charge in [-0.15, -0.1) is 11.4 Å². The second-order valence-corrected chi connectivity index (χ2v) is 0.612. The van der Waals surface area contributed by atoms with Gasteiger partial charge >= 0.3 is 37.7 Å². The standard InChI is InChI=1S/Ca.H2O3S.4H2O/c;1-4(2)3;;;;/h;(H2,1,2,3);4*1H2/q+2;;;;;/p-2. The fraction of sp³-hybridized carbons (Fsp3) is 0. The molecule has 9 heteroatoms. The Hall–Kier alpha value is 1.17. The predicted molar refractivity (Wildman–Crippen MR) is 29.9 cm³/mol. The van der Waals surface area contributed by atoms with E-state index >= 15 is 0 Å². The molecule has 0 aromatic carbocycles. The third kappa shape index (κ3) is 344. The van der Waals surface area contributed by atoms with Crippen molar-refractivity contribution in [2.75, 3.05) is 0 Å². The Kier molecular flexibility index (Phi) is 192. The topological polar surface area (TPSA) is 189 Å². The van der Waals surface area contributed by atoms with Gasteiger partial charge < -0.3 is 31.0 Å². The molecule has 0 saturated heterocycles. The Morgan fingerprint density at radius 1 is 0.889 bits per heavy atom. The van der Waals surface area contributed by atoms with Crippen molar-refractivity contribution in [2.45, 2.75) is 0 Å². The van der Waals surface area contributed by atoms with E-state index in [1.807, 2.05) is 0 Å². The first-order valence-corrected chi connectivity index (χ1v) is 1.50. The van der Waals surface area contributed by atoms with Crippen LogP contribution in [-0.2, 0) is 11.4 Å². The Bertz CT molecular complexity index is 31.9. The summed E-state index contributed by atoms with van der Waals surface area (Å²) in [4.78, 5) is 0. The molecule has 8 N–H and O–H groups in total. The third-order valence-corrected chi connectivity index (χ3v) is 0. The van der Waals surface area contributed by atoms with Crippen LogP contribution in [0.4, 0.5) is 0 Å². The van der Waals surface area contributed by atoms with Gasteiger partial charge in [0, 0.05) is 0 Å². The van der Waals surface area contributed by atoms with Crippen LogP contribution in [0.1, 0.15) is 0 Å². The Labute approximate surface area is 83.8 Å². The molecule has 0 saturated carbocycles. The van der Waals surface area contributed by atoms with Crippen LogP contribution >= 0.6 is 0 Å². The van der Waals surface area contributed by atoms with Crippen molar-refractivity contribution in [1.29, 1.82) is 0 Å². The second kappa shape index (κ2) is 35.2. The summed E-state index contributed by atoms with van der Waals surface area (Å²) < 4.78 is 25.3. The third-order valence-electron chi connectivity index (χ3n) is 0. The maximum absolute atomic E-state index is 8.44. The van der Waals surface area contributed by atoms with Gasteiger partial charge in [0.15, 0.2) is 0 Å². The van der Waals surface area contributed by atoms with Crippen LogP contribution in [0, 0.1) is 0 Å². The van der Waals surface area contributed by atoms with E-state index in [1.54, 1.807) is 0 Å². The molecule has 58 valence electrons. The van der Waals surface area contributed by atoms with Gasteiger partial charge in [0.2, 0.25) is 0 Å². The quantitative estimate of drug-likeness (QED) is 0.275. The van der Waals surface area contributed by atoms with Crippen molar-refractivity contribution in [1.82, 2.24) is 0 Å². The molecule has 0 heterocycles. The zero-order valence-electron chi connectivity index (χ0n) is 4.34. The number of hydrogen-bond donors (Lipinski definition) is 0. The molecular formula is H8CaO7S. The first-order valence-electron chi connectivity index (χ1n) is 0.500. The normalized spacial score (nSPS) is 3.89. The van der Waals surface area contributed by atoms with Crippen molar-refractivity contribution in [3.63, 3.8) is 0 Å². The summed E-state index contributed by atoms with van der Waals surface area (Å²) >= 11 is -3.11. The van der Waals surface area contributed by atoms with Gasteiger partial charge in [-0.05, 0) is 0 Å². The van der Waals surface area contributed by atoms with Crippen LogP contribution in [0.5, 0.6) is 0 Å². The molecular weight excluding hydrogens is 184 g/mol. The van der Waals surface area contributed by atoms with E-state index in [-0.39, 0.29) is 59.6 Å². The molecule has 0 unspecified atom stereocenters. The number of rotatable bonds is 0. The maximum atomic E-state index is 8.44. The summed E-state index contributed by atoms with van der Waals surface area (Å²) in [6, 6.07) is 0. The first-order chi connectivity index (χ1) is 1.73. The molecule has 0 bridgehead atoms. The fourth-order valence-corrected chi connectivity index (χ4v) is 0. The zero-order chi connectivity index (χ0) is 3.58. The molecule has 0 aliphatic heterocycles. The van der Waals surface area contributed by atoms with Crippen LogP contribution in [0.15, 0.2) is 0 Å². The Balaban J connectivity index is -0.00000000450. The summed E-state index contributed by atoms with van der Waals surface area (Å²) in [5.74, 6) is 0. The molecule has 0 aromatic heterocycles. The van der Waals surface area contributed by atoms with Crippen molar-refractivity contribution in [2.24, 2.45) is 0 Å². The largest absolute Gasteiger partial charge is 2.00 e. The van der Waals surface area contributed by atoms with Crippen LogP contribution in [0.3, 0.4) is 0 Å². The van der Waals surface area contributed by atoms with Crippen LogP contribution in [0.2, 0.25) is 0 Å². The van der Waals surface area contributed by atoms with Crippen molar-refractivity contribution in [3.8, 4) is 0 Å². The minimum Gasteiger partial charge on any atom is -0.784 e. The van der Waals surface area contributed by atoms with E-state index in [4.69, 9.17) is 13.3 Å². The molecule has 9 heavy (non-hydrogen) atoms. The van der Waals surface area contributed by atoms with E-state index in [0.29, 0.717) is 0 Å². The molecule has 0 aliphatic carbocycles. The second-order valence-electron chi connectivity index (χ2n) is 0.204. The first kappa shape index (κ1) is 49.2. The van der Waals surface area contributed by atoms with E-state index in [2.05, 4.69) is 0 Å². The van der Waals surface area contributed by atoms with E-state index in [1.165, 1.54) is 0 Å². The zero-order valence-corrected chi connectivity index (χ0v) is 7.36. The average Bonchev–Trinajstić information content (AvgIpc) is 0.811. The van der Waals surface area contributed by atoms with Gasteiger partial charge in [0.25, 0.3) is 0 Å². The molecule has 0 aromatic rings. The fourth-order valence-electron chi connectivity index (χ4n) is 0. The monoisotopic (exact) mass is 192 g/mol. The summed E-state index contributed by atoms with van der Waals surface area (Å²) in [6.45, 7) is 0. The molecule has 0 amide bonds. The van der Waals surface area contributed by atoms with E-state index in [9.17, 15) is 0 Å². The van der Waals surface area contributed by atoms with Gasteiger partial charge in [-0.25, -0.2) is 0 Å². The van der Waals surface area contributed by atoms with Gasteiger partial charge in [-0.2, -0.15) is 0 Å². The molecule has 0 aliphatic rings. The van der Waals surface area contributed by atoms with Crippen molar-refractivity contribution >= 4 is 49.1 Å². The summed E-state index contributed by atoms with van der Waals surface area (Å²) in [7, 11) is 0. The van der Waals surface area contributed by atoms with Crippen LogP contribution in [0.25, 0.3) is 0 Å². The minimum absolute atomic E-state index is 0. The number of hydrogen-bond acceptors (Lipinski definition) is 3. The van der Waals surface area contributed by atoms with Crippen LogP contribution < -0.4 is 0 Å². The van der Waals surface area contributed by atoms with E-state index < -0.39 is 11.4 Å².